The first-order chi connectivity index (χ1) is 10.7. The number of para-hydroxylation sites is 2. The minimum atomic E-state index is -0.215. The Labute approximate surface area is 128 Å². The zero-order valence-electron chi connectivity index (χ0n) is 12.4. The van der Waals surface area contributed by atoms with Gasteiger partial charge < -0.3 is 15.2 Å². The van der Waals surface area contributed by atoms with Crippen LogP contribution in [0.25, 0.3) is 11.0 Å². The van der Waals surface area contributed by atoms with Gasteiger partial charge in [-0.3, -0.25) is 9.36 Å². The van der Waals surface area contributed by atoms with Gasteiger partial charge in [0.1, 0.15) is 6.54 Å². The van der Waals surface area contributed by atoms with E-state index in [1.54, 1.807) is 4.57 Å². The highest BCUT2D eigenvalue weighted by Crippen LogP contribution is 2.24. The Morgan fingerprint density at radius 3 is 3.00 bits per heavy atom. The number of nitrogens with zero attached hydrogens (tertiary/aromatic N) is 2. The van der Waals surface area contributed by atoms with Crippen molar-refractivity contribution in [2.24, 2.45) is 5.92 Å². The topological polar surface area (TPSA) is 70.1 Å². The van der Waals surface area contributed by atoms with Gasteiger partial charge in [0.15, 0.2) is 0 Å². The summed E-state index contributed by atoms with van der Waals surface area (Å²) in [6, 6.07) is 7.76. The number of hydrogen-bond acceptors (Lipinski definition) is 3. The van der Waals surface area contributed by atoms with E-state index in [1.807, 2.05) is 29.2 Å². The van der Waals surface area contributed by atoms with Gasteiger partial charge in [0.2, 0.25) is 5.91 Å². The molecule has 0 spiro atoms. The number of aromatic nitrogens is 2. The number of fused-ring (bicyclic) bond motifs is 5. The molecule has 6 nitrogen and oxygen atoms in total. The van der Waals surface area contributed by atoms with Crippen LogP contribution in [-0.4, -0.2) is 46.0 Å². The lowest BCUT2D eigenvalue weighted by Crippen LogP contribution is -2.48. The normalized spacial score (nSPS) is 24.6. The van der Waals surface area contributed by atoms with Crippen LogP contribution in [0.4, 0.5) is 0 Å². The second kappa shape index (κ2) is 5.28. The van der Waals surface area contributed by atoms with Crippen LogP contribution in [0.15, 0.2) is 29.1 Å². The fourth-order valence-electron chi connectivity index (χ4n) is 3.73. The van der Waals surface area contributed by atoms with Gasteiger partial charge in [-0.2, -0.15) is 0 Å². The molecule has 5 rings (SSSR count). The number of nitrogens with one attached hydrogen (secondary N) is 2. The molecule has 0 aliphatic carbocycles. The Balaban J connectivity index is 1.61. The number of piperidine rings is 1. The Morgan fingerprint density at radius 2 is 2.09 bits per heavy atom. The monoisotopic (exact) mass is 300 g/mol. The van der Waals surface area contributed by atoms with Gasteiger partial charge in [-0.25, -0.2) is 4.79 Å². The number of hydrogen-bond donors (Lipinski definition) is 2. The van der Waals surface area contributed by atoms with Crippen LogP contribution in [0.5, 0.6) is 0 Å². The summed E-state index contributed by atoms with van der Waals surface area (Å²) in [5.41, 5.74) is 1.35. The van der Waals surface area contributed by atoms with E-state index in [9.17, 15) is 9.59 Å². The van der Waals surface area contributed by atoms with Crippen molar-refractivity contribution in [3.8, 4) is 0 Å². The van der Waals surface area contributed by atoms with E-state index in [0.29, 0.717) is 5.92 Å². The van der Waals surface area contributed by atoms with Gasteiger partial charge in [-0.15, -0.1) is 0 Å². The zero-order chi connectivity index (χ0) is 15.1. The van der Waals surface area contributed by atoms with Gasteiger partial charge in [-0.1, -0.05) is 12.1 Å². The second-order valence-corrected chi connectivity index (χ2v) is 6.33. The molecule has 0 radical (unpaired) electrons. The van der Waals surface area contributed by atoms with Crippen LogP contribution in [0.1, 0.15) is 12.8 Å². The predicted molar refractivity (Wildman–Crippen MR) is 83.7 cm³/mol. The summed E-state index contributed by atoms with van der Waals surface area (Å²) in [4.78, 5) is 29.6. The number of H-pyrrole nitrogens is 1. The number of imidazole rings is 1. The first-order valence-electron chi connectivity index (χ1n) is 7.90. The molecule has 0 saturated carbocycles. The standard InChI is InChI=1S/C16H20N4O2/c21-15(19-9-11-5-6-12(19)8-17-7-11)10-20-14-4-2-1-3-13(14)18-16(20)22/h1-4,11-12,17H,5-10H2,(H,18,22)/t11-,12+/m1/s1. The summed E-state index contributed by atoms with van der Waals surface area (Å²) < 4.78 is 1.55. The van der Waals surface area contributed by atoms with Crippen LogP contribution in [0.3, 0.4) is 0 Å². The molecule has 2 atom stereocenters. The van der Waals surface area contributed by atoms with Crippen molar-refractivity contribution in [3.63, 3.8) is 0 Å². The highest BCUT2D eigenvalue weighted by atomic mass is 16.2. The van der Waals surface area contributed by atoms with E-state index in [-0.39, 0.29) is 24.2 Å². The fourth-order valence-corrected chi connectivity index (χ4v) is 3.73. The van der Waals surface area contributed by atoms with E-state index >= 15 is 0 Å². The molecule has 2 bridgehead atoms. The third-order valence-corrected chi connectivity index (χ3v) is 4.91. The van der Waals surface area contributed by atoms with Gasteiger partial charge in [0.25, 0.3) is 0 Å². The van der Waals surface area contributed by atoms with E-state index in [1.165, 1.54) is 6.42 Å². The van der Waals surface area contributed by atoms with Gasteiger partial charge >= 0.3 is 5.69 Å². The number of aromatic amines is 1. The molecule has 1 amide bonds. The lowest BCUT2D eigenvalue weighted by molar-refractivity contribution is -0.135. The Morgan fingerprint density at radius 1 is 1.23 bits per heavy atom. The van der Waals surface area contributed by atoms with Crippen molar-refractivity contribution >= 4 is 16.9 Å². The van der Waals surface area contributed by atoms with Crippen molar-refractivity contribution in [2.75, 3.05) is 19.6 Å². The maximum absolute atomic E-state index is 12.7. The summed E-state index contributed by atoms with van der Waals surface area (Å²) in [7, 11) is 0. The van der Waals surface area contributed by atoms with Crippen molar-refractivity contribution in [3.05, 3.63) is 34.7 Å². The number of carbonyl (C=O) groups is 1. The summed E-state index contributed by atoms with van der Waals surface area (Å²) >= 11 is 0. The maximum atomic E-state index is 12.7. The van der Waals surface area contributed by atoms with E-state index in [0.717, 1.165) is 37.1 Å². The SMILES string of the molecule is O=C(Cn1c(=O)[nH]c2ccccc21)N1C[C@@H]2CC[C@H]1CNC2. The van der Waals surface area contributed by atoms with Crippen LogP contribution in [0.2, 0.25) is 0 Å². The molecule has 6 heteroatoms. The minimum Gasteiger partial charge on any atom is -0.337 e. The van der Waals surface area contributed by atoms with Crippen LogP contribution in [-0.2, 0) is 11.3 Å². The fraction of sp³-hybridized carbons (Fsp3) is 0.500. The summed E-state index contributed by atoms with van der Waals surface area (Å²) in [5, 5.41) is 3.43. The molecule has 2 N–H and O–H groups in total. The van der Waals surface area contributed by atoms with Crippen molar-refractivity contribution < 1.29 is 4.79 Å². The molecule has 22 heavy (non-hydrogen) atoms. The van der Waals surface area contributed by atoms with Gasteiger partial charge in [-0.05, 0) is 37.4 Å². The first kappa shape index (κ1) is 13.6. The third kappa shape index (κ3) is 2.23. The molecular weight excluding hydrogens is 280 g/mol. The number of amides is 1. The second-order valence-electron chi connectivity index (χ2n) is 6.33. The molecule has 2 aromatic rings. The van der Waals surface area contributed by atoms with E-state index < -0.39 is 0 Å². The van der Waals surface area contributed by atoms with Crippen molar-refractivity contribution in [2.45, 2.75) is 25.4 Å². The first-order valence-corrected chi connectivity index (χ1v) is 7.90. The highest BCUT2D eigenvalue weighted by molar-refractivity contribution is 5.80. The average molecular weight is 300 g/mol. The minimum absolute atomic E-state index is 0.0465. The highest BCUT2D eigenvalue weighted by Gasteiger charge is 2.34. The number of benzene rings is 1. The Kier molecular flexibility index (Phi) is 3.26. The largest absolute Gasteiger partial charge is 0.337 e. The molecular formula is C16H20N4O2. The van der Waals surface area contributed by atoms with E-state index in [4.69, 9.17) is 0 Å². The molecule has 3 saturated heterocycles. The van der Waals surface area contributed by atoms with Crippen LogP contribution >= 0.6 is 0 Å². The number of rotatable bonds is 2. The summed E-state index contributed by atoms with van der Waals surface area (Å²) in [5.74, 6) is 0.590. The average Bonchev–Trinajstić information content (AvgIpc) is 2.73. The lowest BCUT2D eigenvalue weighted by atomic mass is 9.95. The predicted octanol–water partition coefficient (Wildman–Crippen LogP) is 0.540. The maximum Gasteiger partial charge on any atom is 0.326 e. The van der Waals surface area contributed by atoms with Crippen LogP contribution < -0.4 is 11.0 Å². The van der Waals surface area contributed by atoms with Crippen LogP contribution in [0, 0.1) is 5.92 Å². The third-order valence-electron chi connectivity index (χ3n) is 4.91. The summed E-state index contributed by atoms with van der Waals surface area (Å²) in [6.07, 6.45) is 2.25. The lowest BCUT2D eigenvalue weighted by Gasteiger charge is -2.36. The van der Waals surface area contributed by atoms with Crippen molar-refractivity contribution in [1.82, 2.24) is 19.8 Å². The Bertz CT molecular complexity index is 759. The summed E-state index contributed by atoms with van der Waals surface area (Å²) in [6.45, 7) is 2.79. The van der Waals surface area contributed by atoms with Crippen molar-refractivity contribution in [1.29, 1.82) is 0 Å². The molecule has 1 aromatic heterocycles. The molecule has 3 fully saturated rings. The molecule has 0 unspecified atom stereocenters. The van der Waals surface area contributed by atoms with Gasteiger partial charge in [0.05, 0.1) is 11.0 Å². The smallest absolute Gasteiger partial charge is 0.326 e. The molecule has 116 valence electrons. The van der Waals surface area contributed by atoms with E-state index in [2.05, 4.69) is 10.3 Å². The Hall–Kier alpha value is -2.08. The molecule has 1 aromatic carbocycles. The molecule has 4 heterocycles. The number of carbonyl (C=O) groups excluding carboxylic acids is 1. The quantitative estimate of drug-likeness (QED) is 0.850. The zero-order valence-corrected chi connectivity index (χ0v) is 12.4. The molecule has 3 aliphatic heterocycles. The molecule has 3 aliphatic rings. The van der Waals surface area contributed by atoms with Gasteiger partial charge in [0, 0.05) is 19.1 Å².